The van der Waals surface area contributed by atoms with Gasteiger partial charge in [0.25, 0.3) is 0 Å². The molecule has 1 aromatic carbocycles. The SMILES string of the molecule is CC(C)/C=C/CN1CC[C@]23CCCC[C@H]2[C@H]1C(=O)c1ccc(OS(=O)(=O)C(F)(F)F)cc13. The molecule has 3 aliphatic rings. The predicted molar refractivity (Wildman–Crippen MR) is 114 cm³/mol. The summed E-state index contributed by atoms with van der Waals surface area (Å²) in [5.41, 5.74) is -4.73. The molecule has 4 rings (SSSR count). The Hall–Kier alpha value is -1.87. The van der Waals surface area contributed by atoms with Crippen LogP contribution in [0.5, 0.6) is 5.75 Å². The molecule has 0 spiro atoms. The van der Waals surface area contributed by atoms with Crippen molar-refractivity contribution in [2.24, 2.45) is 11.8 Å². The number of hydrogen-bond acceptors (Lipinski definition) is 5. The van der Waals surface area contributed by atoms with Crippen LogP contribution < -0.4 is 4.18 Å². The van der Waals surface area contributed by atoms with Crippen molar-refractivity contribution in [1.29, 1.82) is 0 Å². The van der Waals surface area contributed by atoms with Crippen molar-refractivity contribution in [2.45, 2.75) is 62.9 Å². The molecule has 1 saturated carbocycles. The van der Waals surface area contributed by atoms with Crippen LogP contribution in [0.15, 0.2) is 30.4 Å². The molecule has 9 heteroatoms. The molecule has 0 unspecified atom stereocenters. The van der Waals surface area contributed by atoms with Gasteiger partial charge in [-0.05, 0) is 54.9 Å². The number of allylic oxidation sites excluding steroid dienone is 1. The van der Waals surface area contributed by atoms with Crippen LogP contribution in [0.25, 0.3) is 0 Å². The Morgan fingerprint density at radius 1 is 1.25 bits per heavy atom. The Labute approximate surface area is 186 Å². The second-order valence-electron chi connectivity index (χ2n) is 9.43. The van der Waals surface area contributed by atoms with Crippen LogP contribution in [-0.4, -0.2) is 43.7 Å². The van der Waals surface area contributed by atoms with Gasteiger partial charge >= 0.3 is 15.6 Å². The van der Waals surface area contributed by atoms with Crippen molar-refractivity contribution in [3.05, 3.63) is 41.5 Å². The Bertz CT molecular complexity index is 1030. The lowest BCUT2D eigenvalue weighted by Gasteiger charge is -2.58. The van der Waals surface area contributed by atoms with Crippen LogP contribution in [0.4, 0.5) is 13.2 Å². The van der Waals surface area contributed by atoms with Gasteiger partial charge in [-0.2, -0.15) is 21.6 Å². The van der Waals surface area contributed by atoms with Crippen molar-refractivity contribution in [3.8, 4) is 5.75 Å². The van der Waals surface area contributed by atoms with E-state index in [4.69, 9.17) is 0 Å². The normalized spacial score (nSPS) is 28.6. The first-order valence-electron chi connectivity index (χ1n) is 11.1. The van der Waals surface area contributed by atoms with E-state index in [1.807, 2.05) is 0 Å². The molecule has 176 valence electrons. The smallest absolute Gasteiger partial charge is 0.376 e. The number of fused-ring (bicyclic) bond motifs is 1. The third-order valence-electron chi connectivity index (χ3n) is 7.13. The van der Waals surface area contributed by atoms with E-state index in [1.54, 1.807) is 0 Å². The topological polar surface area (TPSA) is 63.7 Å². The molecule has 3 atom stereocenters. The van der Waals surface area contributed by atoms with Crippen LogP contribution in [0.2, 0.25) is 0 Å². The highest BCUT2D eigenvalue weighted by Crippen LogP contribution is 2.56. The van der Waals surface area contributed by atoms with Gasteiger partial charge < -0.3 is 4.18 Å². The van der Waals surface area contributed by atoms with E-state index < -0.39 is 21.4 Å². The molecular weight excluding hydrogens is 443 g/mol. The highest BCUT2D eigenvalue weighted by Gasteiger charge is 2.57. The van der Waals surface area contributed by atoms with Crippen LogP contribution in [0.1, 0.15) is 61.9 Å². The molecule has 0 aromatic heterocycles. The average molecular weight is 472 g/mol. The number of likely N-dealkylation sites (tertiary alicyclic amines) is 1. The van der Waals surface area contributed by atoms with E-state index in [0.717, 1.165) is 38.2 Å². The lowest BCUT2D eigenvalue weighted by Crippen LogP contribution is -2.63. The predicted octanol–water partition coefficient (Wildman–Crippen LogP) is 4.83. The van der Waals surface area contributed by atoms with Crippen LogP contribution >= 0.6 is 0 Å². The molecule has 32 heavy (non-hydrogen) atoms. The molecule has 0 amide bonds. The first-order chi connectivity index (χ1) is 15.0. The molecule has 1 aromatic rings. The fraction of sp³-hybridized carbons (Fsp3) is 0.609. The number of rotatable bonds is 5. The maximum atomic E-state index is 13.5. The minimum absolute atomic E-state index is 0.0367. The number of hydrogen-bond donors (Lipinski definition) is 0. The molecule has 1 heterocycles. The van der Waals surface area contributed by atoms with Gasteiger partial charge in [0.15, 0.2) is 5.78 Å². The van der Waals surface area contributed by atoms with E-state index in [0.29, 0.717) is 30.1 Å². The van der Waals surface area contributed by atoms with Crippen molar-refractivity contribution in [1.82, 2.24) is 4.90 Å². The van der Waals surface area contributed by atoms with Gasteiger partial charge in [-0.3, -0.25) is 9.69 Å². The maximum Gasteiger partial charge on any atom is 0.534 e. The molecule has 0 radical (unpaired) electrons. The molecule has 2 aliphatic carbocycles. The molecule has 0 N–H and O–H groups in total. The van der Waals surface area contributed by atoms with Gasteiger partial charge in [-0.25, -0.2) is 0 Å². The van der Waals surface area contributed by atoms with Gasteiger partial charge in [0, 0.05) is 24.1 Å². The maximum absolute atomic E-state index is 13.5. The fourth-order valence-corrected chi connectivity index (χ4v) is 6.25. The highest BCUT2D eigenvalue weighted by molar-refractivity contribution is 7.88. The summed E-state index contributed by atoms with van der Waals surface area (Å²) in [7, 11) is -5.77. The zero-order valence-corrected chi connectivity index (χ0v) is 19.0. The van der Waals surface area contributed by atoms with E-state index in [2.05, 4.69) is 35.1 Å². The standard InChI is InChI=1S/C23H28F3NO4S/c1-15(2)6-5-12-27-13-11-22-10-4-3-7-18(22)20(27)21(28)17-9-8-16(14-19(17)22)31-32(29,30)23(24,25)26/h5-6,8-9,14-15,18,20H,3-4,7,10-13H2,1-2H3/b6-5+/t18-,20-,22+/m0/s1. The summed E-state index contributed by atoms with van der Waals surface area (Å²) in [6, 6.07) is 3.68. The number of ketones is 1. The number of alkyl halides is 3. The highest BCUT2D eigenvalue weighted by atomic mass is 32.2. The third kappa shape index (κ3) is 3.87. The van der Waals surface area contributed by atoms with Crippen molar-refractivity contribution >= 4 is 15.9 Å². The number of carbonyl (C=O) groups is 1. The molecular formula is C23H28F3NO4S. The van der Waals surface area contributed by atoms with Gasteiger partial charge in [0.2, 0.25) is 0 Å². The molecule has 2 bridgehead atoms. The van der Waals surface area contributed by atoms with Crippen molar-refractivity contribution < 1.29 is 30.6 Å². The van der Waals surface area contributed by atoms with Gasteiger partial charge in [0.05, 0.1) is 6.04 Å². The summed E-state index contributed by atoms with van der Waals surface area (Å²) in [4.78, 5) is 15.8. The van der Waals surface area contributed by atoms with E-state index in [-0.39, 0.29) is 23.2 Å². The van der Waals surface area contributed by atoms with Gasteiger partial charge in [-0.1, -0.05) is 38.8 Å². The second-order valence-corrected chi connectivity index (χ2v) is 11.0. The van der Waals surface area contributed by atoms with E-state index in [1.165, 1.54) is 12.1 Å². The Balaban J connectivity index is 1.73. The molecule has 1 aliphatic heterocycles. The van der Waals surface area contributed by atoms with E-state index in [9.17, 15) is 26.4 Å². The zero-order valence-electron chi connectivity index (χ0n) is 18.2. The average Bonchev–Trinajstić information content (AvgIpc) is 2.71. The minimum atomic E-state index is -5.77. The van der Waals surface area contributed by atoms with Crippen molar-refractivity contribution in [3.63, 3.8) is 0 Å². The quantitative estimate of drug-likeness (QED) is 0.350. The summed E-state index contributed by atoms with van der Waals surface area (Å²) < 4.78 is 65.8. The molecule has 1 saturated heterocycles. The first kappa shape index (κ1) is 23.3. The lowest BCUT2D eigenvalue weighted by atomic mass is 9.52. The zero-order chi connectivity index (χ0) is 23.3. The van der Waals surface area contributed by atoms with Gasteiger partial charge in [0.1, 0.15) is 5.75 Å². The number of piperidine rings is 1. The summed E-state index contributed by atoms with van der Waals surface area (Å²) in [5, 5.41) is 0. The Morgan fingerprint density at radius 2 is 2.00 bits per heavy atom. The largest absolute Gasteiger partial charge is 0.534 e. The second kappa shape index (κ2) is 8.17. The number of nitrogens with zero attached hydrogens (tertiary/aromatic N) is 1. The Kier molecular flexibility index (Phi) is 5.94. The number of Topliss-reactive ketones (excluding diaryl/α,β-unsaturated/α-hetero) is 1. The van der Waals surface area contributed by atoms with E-state index >= 15 is 0 Å². The summed E-state index contributed by atoms with van der Waals surface area (Å²) in [6.07, 6.45) is 8.66. The fourth-order valence-electron chi connectivity index (χ4n) is 5.80. The van der Waals surface area contributed by atoms with Crippen LogP contribution in [0.3, 0.4) is 0 Å². The lowest BCUT2D eigenvalue weighted by molar-refractivity contribution is -0.0500. The van der Waals surface area contributed by atoms with Crippen LogP contribution in [0, 0.1) is 11.8 Å². The van der Waals surface area contributed by atoms with Crippen LogP contribution in [-0.2, 0) is 15.5 Å². The summed E-state index contributed by atoms with van der Waals surface area (Å²) in [6.45, 7) is 5.58. The van der Waals surface area contributed by atoms with Gasteiger partial charge in [-0.15, -0.1) is 0 Å². The number of carbonyl (C=O) groups excluding carboxylic acids is 1. The number of halogens is 3. The Morgan fingerprint density at radius 3 is 2.69 bits per heavy atom. The minimum Gasteiger partial charge on any atom is -0.376 e. The third-order valence-corrected chi connectivity index (χ3v) is 8.11. The summed E-state index contributed by atoms with van der Waals surface area (Å²) >= 11 is 0. The van der Waals surface area contributed by atoms with Crippen molar-refractivity contribution in [2.75, 3.05) is 13.1 Å². The molecule has 2 fully saturated rings. The monoisotopic (exact) mass is 471 g/mol. The first-order valence-corrected chi connectivity index (χ1v) is 12.5. The molecule has 5 nitrogen and oxygen atoms in total. The summed E-state index contributed by atoms with van der Waals surface area (Å²) in [5.74, 6) is 0.0494. The number of benzene rings is 1.